The summed E-state index contributed by atoms with van der Waals surface area (Å²) in [5.74, 6) is -0.281. The van der Waals surface area contributed by atoms with Gasteiger partial charge in [-0.05, 0) is 53.5 Å². The Labute approximate surface area is 128 Å². The number of hydrogen-bond donors (Lipinski definition) is 1. The van der Waals surface area contributed by atoms with Crippen LogP contribution in [-0.4, -0.2) is 81.2 Å². The molecular formula is C16H31N3O2. The molecule has 0 aromatic rings. The van der Waals surface area contributed by atoms with Crippen LogP contribution in [0.5, 0.6) is 0 Å². The minimum Gasteiger partial charge on any atom is -0.347 e. The zero-order chi connectivity index (χ0) is 14.9. The van der Waals surface area contributed by atoms with Gasteiger partial charge in [-0.15, -0.1) is 0 Å². The lowest BCUT2D eigenvalue weighted by Gasteiger charge is -2.48. The maximum absolute atomic E-state index is 5.97. The lowest BCUT2D eigenvalue weighted by Crippen LogP contribution is -2.59. The predicted molar refractivity (Wildman–Crippen MR) is 83.4 cm³/mol. The van der Waals surface area contributed by atoms with E-state index in [1.807, 2.05) is 0 Å². The van der Waals surface area contributed by atoms with E-state index in [9.17, 15) is 0 Å². The Kier molecular flexibility index (Phi) is 4.86. The Bertz CT molecular complexity index is 336. The fraction of sp³-hybridized carbons (Fsp3) is 1.00. The molecule has 3 aliphatic rings. The molecule has 5 nitrogen and oxygen atoms in total. The summed E-state index contributed by atoms with van der Waals surface area (Å²) >= 11 is 0. The lowest BCUT2D eigenvalue weighted by molar-refractivity contribution is -0.194. The van der Waals surface area contributed by atoms with Crippen molar-refractivity contribution >= 4 is 0 Å². The van der Waals surface area contributed by atoms with Crippen LogP contribution in [0.3, 0.4) is 0 Å². The van der Waals surface area contributed by atoms with Crippen molar-refractivity contribution in [2.45, 2.75) is 56.0 Å². The van der Waals surface area contributed by atoms with E-state index >= 15 is 0 Å². The van der Waals surface area contributed by atoms with E-state index in [0.29, 0.717) is 12.1 Å². The van der Waals surface area contributed by atoms with Gasteiger partial charge < -0.3 is 19.7 Å². The van der Waals surface area contributed by atoms with E-state index in [1.165, 1.54) is 25.9 Å². The average Bonchev–Trinajstić information content (AvgIpc) is 2.95. The molecule has 2 aliphatic heterocycles. The first-order valence-corrected chi connectivity index (χ1v) is 8.49. The van der Waals surface area contributed by atoms with E-state index in [-0.39, 0.29) is 5.79 Å². The predicted octanol–water partition coefficient (Wildman–Crippen LogP) is 0.896. The van der Waals surface area contributed by atoms with Gasteiger partial charge >= 0.3 is 0 Å². The molecule has 5 heteroatoms. The maximum Gasteiger partial charge on any atom is 0.170 e. The highest BCUT2D eigenvalue weighted by Crippen LogP contribution is 2.38. The largest absolute Gasteiger partial charge is 0.347 e. The number of hydrogen-bond acceptors (Lipinski definition) is 5. The molecule has 0 bridgehead atoms. The molecule has 3 fully saturated rings. The van der Waals surface area contributed by atoms with Crippen LogP contribution in [0.15, 0.2) is 0 Å². The molecule has 3 rings (SSSR count). The van der Waals surface area contributed by atoms with Crippen molar-refractivity contribution in [1.82, 2.24) is 15.1 Å². The van der Waals surface area contributed by atoms with Gasteiger partial charge in [-0.2, -0.15) is 0 Å². The quantitative estimate of drug-likeness (QED) is 0.837. The van der Waals surface area contributed by atoms with E-state index in [4.69, 9.17) is 9.47 Å². The third kappa shape index (κ3) is 3.27. The van der Waals surface area contributed by atoms with Gasteiger partial charge in [0.1, 0.15) is 0 Å². The summed E-state index contributed by atoms with van der Waals surface area (Å²) in [6.45, 7) is 3.92. The van der Waals surface area contributed by atoms with Gasteiger partial charge in [0.2, 0.25) is 0 Å². The van der Waals surface area contributed by atoms with Gasteiger partial charge in [-0.3, -0.25) is 4.90 Å². The van der Waals surface area contributed by atoms with Crippen molar-refractivity contribution in [2.24, 2.45) is 0 Å². The van der Waals surface area contributed by atoms with Gasteiger partial charge in [0.05, 0.1) is 13.2 Å². The van der Waals surface area contributed by atoms with Gasteiger partial charge in [0.15, 0.2) is 5.79 Å². The highest BCUT2D eigenvalue weighted by atomic mass is 16.7. The van der Waals surface area contributed by atoms with E-state index in [2.05, 4.69) is 36.3 Å². The zero-order valence-corrected chi connectivity index (χ0v) is 13.8. The molecule has 1 saturated carbocycles. The first-order valence-electron chi connectivity index (χ1n) is 8.49. The number of piperidine rings is 1. The van der Waals surface area contributed by atoms with E-state index in [1.54, 1.807) is 0 Å². The summed E-state index contributed by atoms with van der Waals surface area (Å²) in [4.78, 5) is 5.05. The molecule has 2 unspecified atom stereocenters. The summed E-state index contributed by atoms with van der Waals surface area (Å²) in [6.07, 6.45) is 5.74. The van der Waals surface area contributed by atoms with Gasteiger partial charge in [0, 0.05) is 31.0 Å². The number of rotatable bonds is 3. The summed E-state index contributed by atoms with van der Waals surface area (Å²) in [6, 6.07) is 1.86. The van der Waals surface area contributed by atoms with Crippen LogP contribution in [0.2, 0.25) is 0 Å². The van der Waals surface area contributed by atoms with Gasteiger partial charge in [-0.25, -0.2) is 0 Å². The Morgan fingerprint density at radius 2 is 1.76 bits per heavy atom. The van der Waals surface area contributed by atoms with Gasteiger partial charge in [0.25, 0.3) is 0 Å². The Morgan fingerprint density at radius 1 is 1.10 bits per heavy atom. The zero-order valence-electron chi connectivity index (χ0n) is 13.8. The minimum atomic E-state index is -0.281. The van der Waals surface area contributed by atoms with Crippen LogP contribution in [-0.2, 0) is 9.47 Å². The number of likely N-dealkylation sites (N-methyl/N-ethyl adjacent to an activating group) is 1. The Hall–Kier alpha value is -0.200. The van der Waals surface area contributed by atoms with Crippen molar-refractivity contribution in [3.8, 4) is 0 Å². The fourth-order valence-corrected chi connectivity index (χ4v) is 4.34. The fourth-order valence-electron chi connectivity index (χ4n) is 4.34. The minimum absolute atomic E-state index is 0.281. The smallest absolute Gasteiger partial charge is 0.170 e. The van der Waals surface area contributed by atoms with Crippen LogP contribution in [0.4, 0.5) is 0 Å². The third-order valence-corrected chi connectivity index (χ3v) is 5.70. The first kappa shape index (κ1) is 15.7. The number of ether oxygens (including phenoxy) is 2. The van der Waals surface area contributed by atoms with Crippen molar-refractivity contribution in [1.29, 1.82) is 0 Å². The van der Waals surface area contributed by atoms with Crippen LogP contribution < -0.4 is 5.32 Å². The molecule has 0 radical (unpaired) electrons. The maximum atomic E-state index is 5.97. The van der Waals surface area contributed by atoms with Crippen molar-refractivity contribution in [3.05, 3.63) is 0 Å². The van der Waals surface area contributed by atoms with E-state index in [0.717, 1.165) is 38.5 Å². The Morgan fingerprint density at radius 3 is 2.33 bits per heavy atom. The highest BCUT2D eigenvalue weighted by Gasteiger charge is 2.46. The summed E-state index contributed by atoms with van der Waals surface area (Å²) < 4.78 is 11.9. The number of nitrogens with one attached hydrogen (secondary N) is 1. The molecule has 122 valence electrons. The van der Waals surface area contributed by atoms with Crippen LogP contribution >= 0.6 is 0 Å². The molecule has 0 aromatic carbocycles. The molecule has 0 aromatic heterocycles. The lowest BCUT2D eigenvalue weighted by atomic mass is 9.83. The SMILES string of the molecule is CNC1CCC2(CC1N1CCC(N(C)C)CC1)OCCO2. The Balaban J connectivity index is 1.64. The van der Waals surface area contributed by atoms with Crippen molar-refractivity contribution in [3.63, 3.8) is 0 Å². The molecule has 2 saturated heterocycles. The number of nitrogens with zero attached hydrogens (tertiary/aromatic N) is 2. The molecule has 1 spiro atoms. The molecule has 21 heavy (non-hydrogen) atoms. The summed E-state index contributed by atoms with van der Waals surface area (Å²) in [5.41, 5.74) is 0. The topological polar surface area (TPSA) is 37.0 Å². The monoisotopic (exact) mass is 297 g/mol. The number of likely N-dealkylation sites (tertiary alicyclic amines) is 1. The first-order chi connectivity index (χ1) is 10.1. The highest BCUT2D eigenvalue weighted by molar-refractivity contribution is 4.97. The molecule has 1 N–H and O–H groups in total. The molecule has 0 amide bonds. The van der Waals surface area contributed by atoms with Crippen molar-refractivity contribution in [2.75, 3.05) is 47.4 Å². The molecule has 2 heterocycles. The summed E-state index contributed by atoms with van der Waals surface area (Å²) in [7, 11) is 6.50. The van der Waals surface area contributed by atoms with Gasteiger partial charge in [-0.1, -0.05) is 0 Å². The van der Waals surface area contributed by atoms with Crippen molar-refractivity contribution < 1.29 is 9.47 Å². The third-order valence-electron chi connectivity index (χ3n) is 5.70. The second kappa shape index (κ2) is 6.50. The van der Waals surface area contributed by atoms with Crippen LogP contribution in [0, 0.1) is 0 Å². The average molecular weight is 297 g/mol. The summed E-state index contributed by atoms with van der Waals surface area (Å²) in [5, 5.41) is 3.53. The van der Waals surface area contributed by atoms with Crippen LogP contribution in [0.25, 0.3) is 0 Å². The second-order valence-electron chi connectivity index (χ2n) is 7.04. The standard InChI is InChI=1S/C16H31N3O2/c1-17-14-4-7-16(20-10-11-21-16)12-15(14)19-8-5-13(6-9-19)18(2)3/h13-15,17H,4-12H2,1-3H3. The van der Waals surface area contributed by atoms with E-state index < -0.39 is 0 Å². The molecular weight excluding hydrogens is 266 g/mol. The molecule has 2 atom stereocenters. The normalized spacial score (nSPS) is 34.9. The molecule has 1 aliphatic carbocycles. The van der Waals surface area contributed by atoms with Crippen LogP contribution in [0.1, 0.15) is 32.1 Å². The second-order valence-corrected chi connectivity index (χ2v) is 7.04.